The van der Waals surface area contributed by atoms with Crippen LogP contribution in [-0.4, -0.2) is 35.1 Å². The predicted molar refractivity (Wildman–Crippen MR) is 103 cm³/mol. The van der Waals surface area contributed by atoms with Gasteiger partial charge in [0.2, 0.25) is 0 Å². The molecule has 0 unspecified atom stereocenters. The number of nitrogens with one attached hydrogen (secondary N) is 2. The smallest absolute Gasteiger partial charge is 0.313 e. The van der Waals surface area contributed by atoms with Crippen LogP contribution in [-0.2, 0) is 9.59 Å². The molecule has 26 heavy (non-hydrogen) atoms. The van der Waals surface area contributed by atoms with E-state index in [2.05, 4.69) is 28.6 Å². The number of hydrogen-bond acceptors (Lipinski definition) is 5. The van der Waals surface area contributed by atoms with Crippen LogP contribution in [0.5, 0.6) is 0 Å². The van der Waals surface area contributed by atoms with E-state index in [0.717, 1.165) is 20.8 Å². The Morgan fingerprint density at radius 2 is 1.88 bits per heavy atom. The third-order valence-corrected chi connectivity index (χ3v) is 4.83. The lowest BCUT2D eigenvalue weighted by Crippen LogP contribution is -2.36. The van der Waals surface area contributed by atoms with Crippen LogP contribution in [0.3, 0.4) is 0 Å². The van der Waals surface area contributed by atoms with Crippen molar-refractivity contribution in [3.05, 3.63) is 48.0 Å². The number of rotatable bonds is 5. The normalized spacial score (nSPS) is 10.7. The van der Waals surface area contributed by atoms with Crippen molar-refractivity contribution in [3.8, 4) is 10.6 Å². The molecular formula is C19H19N3O3S. The molecule has 6 nitrogen and oxygen atoms in total. The molecule has 0 radical (unpaired) electrons. The van der Waals surface area contributed by atoms with Crippen LogP contribution in [0.1, 0.15) is 12.0 Å². The number of carbonyl (C=O) groups is 2. The van der Waals surface area contributed by atoms with Crippen LogP contribution in [0, 0.1) is 6.92 Å². The summed E-state index contributed by atoms with van der Waals surface area (Å²) in [6.45, 7) is 2.28. The highest BCUT2D eigenvalue weighted by atomic mass is 32.1. The number of anilines is 1. The van der Waals surface area contributed by atoms with Gasteiger partial charge in [-0.05, 0) is 55.3 Å². The molecule has 0 bridgehead atoms. The van der Waals surface area contributed by atoms with E-state index < -0.39 is 11.8 Å². The SMILES string of the molecule is Cc1ccc2nc(-c3ccc(NC(=O)C(=O)NCCCO)cc3)sc2c1. The predicted octanol–water partition coefficient (Wildman–Crippen LogP) is 2.71. The van der Waals surface area contributed by atoms with E-state index >= 15 is 0 Å². The Kier molecular flexibility index (Phi) is 5.60. The fraction of sp³-hybridized carbons (Fsp3) is 0.211. The second kappa shape index (κ2) is 8.07. The minimum Gasteiger partial charge on any atom is -0.396 e. The maximum Gasteiger partial charge on any atom is 0.313 e. The van der Waals surface area contributed by atoms with Crippen LogP contribution in [0.2, 0.25) is 0 Å². The molecule has 3 N–H and O–H groups in total. The average Bonchev–Trinajstić information content (AvgIpc) is 3.05. The fourth-order valence-corrected chi connectivity index (χ4v) is 3.47. The molecule has 1 aromatic heterocycles. The first-order valence-electron chi connectivity index (χ1n) is 8.24. The summed E-state index contributed by atoms with van der Waals surface area (Å²) in [5.74, 6) is -1.45. The zero-order valence-corrected chi connectivity index (χ0v) is 15.1. The van der Waals surface area contributed by atoms with Gasteiger partial charge in [-0.1, -0.05) is 6.07 Å². The summed E-state index contributed by atoms with van der Waals surface area (Å²) in [6.07, 6.45) is 0.412. The van der Waals surface area contributed by atoms with Crippen LogP contribution in [0.4, 0.5) is 5.69 Å². The lowest BCUT2D eigenvalue weighted by Gasteiger charge is -2.06. The molecule has 0 spiro atoms. The van der Waals surface area contributed by atoms with Crippen LogP contribution in [0.25, 0.3) is 20.8 Å². The van der Waals surface area contributed by atoms with Gasteiger partial charge in [0.15, 0.2) is 0 Å². The molecule has 1 heterocycles. The second-order valence-electron chi connectivity index (χ2n) is 5.85. The molecule has 2 aromatic carbocycles. The third kappa shape index (κ3) is 4.25. The summed E-state index contributed by atoms with van der Waals surface area (Å²) in [5.41, 5.74) is 3.65. The summed E-state index contributed by atoms with van der Waals surface area (Å²) < 4.78 is 1.14. The molecule has 0 saturated carbocycles. The first-order valence-corrected chi connectivity index (χ1v) is 9.06. The van der Waals surface area contributed by atoms with E-state index in [9.17, 15) is 9.59 Å². The van der Waals surface area contributed by atoms with Crippen molar-refractivity contribution in [1.82, 2.24) is 10.3 Å². The van der Waals surface area contributed by atoms with E-state index in [1.807, 2.05) is 24.3 Å². The van der Waals surface area contributed by atoms with Crippen molar-refractivity contribution in [2.45, 2.75) is 13.3 Å². The number of aliphatic hydroxyl groups is 1. The van der Waals surface area contributed by atoms with Gasteiger partial charge >= 0.3 is 11.8 Å². The topological polar surface area (TPSA) is 91.3 Å². The fourth-order valence-electron chi connectivity index (χ4n) is 2.40. The maximum absolute atomic E-state index is 11.8. The van der Waals surface area contributed by atoms with Crippen molar-refractivity contribution in [1.29, 1.82) is 0 Å². The number of thiazole rings is 1. The van der Waals surface area contributed by atoms with Gasteiger partial charge in [0.05, 0.1) is 10.2 Å². The lowest BCUT2D eigenvalue weighted by atomic mass is 10.2. The zero-order valence-electron chi connectivity index (χ0n) is 14.3. The van der Waals surface area contributed by atoms with Crippen molar-refractivity contribution in [3.63, 3.8) is 0 Å². The molecule has 7 heteroatoms. The second-order valence-corrected chi connectivity index (χ2v) is 6.89. The molecule has 2 amide bonds. The molecule has 3 aromatic rings. The van der Waals surface area contributed by atoms with E-state index in [-0.39, 0.29) is 13.2 Å². The number of benzene rings is 2. The highest BCUT2D eigenvalue weighted by Gasteiger charge is 2.13. The van der Waals surface area contributed by atoms with E-state index in [4.69, 9.17) is 5.11 Å². The number of fused-ring (bicyclic) bond motifs is 1. The third-order valence-electron chi connectivity index (χ3n) is 3.76. The quantitative estimate of drug-likeness (QED) is 0.476. The average molecular weight is 369 g/mol. The van der Waals surface area contributed by atoms with E-state index in [0.29, 0.717) is 12.1 Å². The van der Waals surface area contributed by atoms with Gasteiger partial charge in [-0.2, -0.15) is 0 Å². The number of aliphatic hydroxyl groups excluding tert-OH is 1. The molecule has 0 aliphatic heterocycles. The van der Waals surface area contributed by atoms with Gasteiger partial charge in [-0.25, -0.2) is 4.98 Å². The van der Waals surface area contributed by atoms with E-state index in [1.54, 1.807) is 23.5 Å². The molecule has 0 aliphatic rings. The van der Waals surface area contributed by atoms with Gasteiger partial charge < -0.3 is 15.7 Å². The summed E-state index contributed by atoms with van der Waals surface area (Å²) in [4.78, 5) is 28.1. The van der Waals surface area contributed by atoms with Crippen molar-refractivity contribution in [2.75, 3.05) is 18.5 Å². The largest absolute Gasteiger partial charge is 0.396 e. The molecule has 0 fully saturated rings. The Balaban J connectivity index is 1.67. The van der Waals surface area contributed by atoms with Crippen molar-refractivity contribution < 1.29 is 14.7 Å². The Morgan fingerprint density at radius 3 is 2.62 bits per heavy atom. The van der Waals surface area contributed by atoms with Gasteiger partial charge in [0.25, 0.3) is 0 Å². The van der Waals surface area contributed by atoms with Crippen LogP contribution >= 0.6 is 11.3 Å². The minimum atomic E-state index is -0.730. The van der Waals surface area contributed by atoms with Crippen LogP contribution < -0.4 is 10.6 Å². The summed E-state index contributed by atoms with van der Waals surface area (Å²) >= 11 is 1.62. The number of amides is 2. The Labute approximate surface area is 154 Å². The van der Waals surface area contributed by atoms with Crippen molar-refractivity contribution >= 4 is 39.1 Å². The number of carbonyl (C=O) groups excluding carboxylic acids is 2. The number of aromatic nitrogens is 1. The first kappa shape index (κ1) is 18.0. The first-order chi connectivity index (χ1) is 12.6. The highest BCUT2D eigenvalue weighted by Crippen LogP contribution is 2.31. The van der Waals surface area contributed by atoms with Crippen LogP contribution in [0.15, 0.2) is 42.5 Å². The highest BCUT2D eigenvalue weighted by molar-refractivity contribution is 7.21. The maximum atomic E-state index is 11.8. The summed E-state index contributed by atoms with van der Waals surface area (Å²) in [5, 5.41) is 14.6. The van der Waals surface area contributed by atoms with Gasteiger partial charge in [-0.3, -0.25) is 9.59 Å². The van der Waals surface area contributed by atoms with E-state index in [1.165, 1.54) is 5.56 Å². The summed E-state index contributed by atoms with van der Waals surface area (Å²) in [6, 6.07) is 13.4. The number of nitrogens with zero attached hydrogens (tertiary/aromatic N) is 1. The monoisotopic (exact) mass is 369 g/mol. The summed E-state index contributed by atoms with van der Waals surface area (Å²) in [7, 11) is 0. The molecule has 134 valence electrons. The molecule has 0 atom stereocenters. The molecular weight excluding hydrogens is 350 g/mol. The molecule has 0 saturated heterocycles. The van der Waals surface area contributed by atoms with Gasteiger partial charge in [0.1, 0.15) is 5.01 Å². The molecule has 3 rings (SSSR count). The zero-order chi connectivity index (χ0) is 18.5. The Bertz CT molecular complexity index is 935. The van der Waals surface area contributed by atoms with Gasteiger partial charge in [0, 0.05) is 24.4 Å². The number of aryl methyl sites for hydroxylation is 1. The Hall–Kier alpha value is -2.77. The lowest BCUT2D eigenvalue weighted by molar-refractivity contribution is -0.136. The Morgan fingerprint density at radius 1 is 1.12 bits per heavy atom. The minimum absolute atomic E-state index is 0.0330. The van der Waals surface area contributed by atoms with Crippen molar-refractivity contribution in [2.24, 2.45) is 0 Å². The standard InChI is InChI=1S/C19H19N3O3S/c1-12-3-8-15-16(11-12)26-19(22-15)13-4-6-14(7-5-13)21-18(25)17(24)20-9-2-10-23/h3-8,11,23H,2,9-10H2,1H3,(H,20,24)(H,21,25). The number of hydrogen-bond donors (Lipinski definition) is 3. The van der Waals surface area contributed by atoms with Gasteiger partial charge in [-0.15, -0.1) is 11.3 Å². The molecule has 0 aliphatic carbocycles.